The van der Waals surface area contributed by atoms with E-state index in [4.69, 9.17) is 14.9 Å². The molecule has 38 heavy (non-hydrogen) atoms. The predicted molar refractivity (Wildman–Crippen MR) is 124 cm³/mol. The summed E-state index contributed by atoms with van der Waals surface area (Å²) in [5.74, 6) is -4.88. The van der Waals surface area contributed by atoms with E-state index in [9.17, 15) is 32.3 Å². The third-order valence-corrected chi connectivity index (χ3v) is 5.66. The number of alkyl halides is 2. The van der Waals surface area contributed by atoms with Crippen molar-refractivity contribution in [2.24, 2.45) is 11.7 Å². The fraction of sp³-hybridized carbons (Fsp3) is 0.320. The first-order valence-electron chi connectivity index (χ1n) is 11.5. The van der Waals surface area contributed by atoms with Gasteiger partial charge in [-0.15, -0.1) is 0 Å². The fourth-order valence-electron chi connectivity index (χ4n) is 3.57. The standard InChI is InChI=1S/C25H23F4N3O6/c1-11(30)21-20(22(33)31-19(24(34)35)15-6-5-14(26)9-16(15)27)32-23(38-21)13-4-7-17(37-25(28)29)18(8-13)36-10-12-2-3-12/h4-9,11-12,19,25H,2-3,10,30H2,1H3,(H,31,33)(H,34,35). The second-order valence-corrected chi connectivity index (χ2v) is 8.73. The number of ether oxygens (including phenoxy) is 2. The Hall–Kier alpha value is -4.13. The number of hydrogen-bond acceptors (Lipinski definition) is 7. The van der Waals surface area contributed by atoms with E-state index in [-0.39, 0.29) is 34.4 Å². The van der Waals surface area contributed by atoms with E-state index in [1.807, 2.05) is 0 Å². The molecule has 0 radical (unpaired) electrons. The minimum absolute atomic E-state index is 0.0129. The Morgan fingerprint density at radius 2 is 1.92 bits per heavy atom. The summed E-state index contributed by atoms with van der Waals surface area (Å²) >= 11 is 0. The van der Waals surface area contributed by atoms with Crippen molar-refractivity contribution in [3.8, 4) is 23.0 Å². The van der Waals surface area contributed by atoms with Crippen LogP contribution in [0.1, 0.15) is 53.7 Å². The summed E-state index contributed by atoms with van der Waals surface area (Å²) in [5, 5.41) is 11.7. The van der Waals surface area contributed by atoms with E-state index < -0.39 is 47.8 Å². The Balaban J connectivity index is 1.65. The first kappa shape index (κ1) is 26.9. The smallest absolute Gasteiger partial charge is 0.387 e. The molecule has 0 bridgehead atoms. The second-order valence-electron chi connectivity index (χ2n) is 8.73. The maximum Gasteiger partial charge on any atom is 0.387 e. The fourth-order valence-corrected chi connectivity index (χ4v) is 3.57. The van der Waals surface area contributed by atoms with E-state index in [2.05, 4.69) is 15.0 Å². The van der Waals surface area contributed by atoms with Gasteiger partial charge in [0, 0.05) is 17.2 Å². The summed E-state index contributed by atoms with van der Waals surface area (Å²) in [6.07, 6.45) is 1.92. The van der Waals surface area contributed by atoms with Gasteiger partial charge >= 0.3 is 12.6 Å². The van der Waals surface area contributed by atoms with Gasteiger partial charge in [0.1, 0.15) is 11.6 Å². The van der Waals surface area contributed by atoms with Gasteiger partial charge in [0.15, 0.2) is 29.0 Å². The number of rotatable bonds is 11. The summed E-state index contributed by atoms with van der Waals surface area (Å²) < 4.78 is 69.0. The van der Waals surface area contributed by atoms with Gasteiger partial charge in [0.05, 0.1) is 12.6 Å². The first-order chi connectivity index (χ1) is 18.0. The first-order valence-corrected chi connectivity index (χ1v) is 11.5. The summed E-state index contributed by atoms with van der Waals surface area (Å²) in [5.41, 5.74) is 5.30. The van der Waals surface area contributed by atoms with Gasteiger partial charge in [-0.25, -0.2) is 18.6 Å². The van der Waals surface area contributed by atoms with Crippen molar-refractivity contribution in [3.05, 3.63) is 65.1 Å². The molecule has 4 rings (SSSR count). The molecule has 1 heterocycles. The Labute approximate surface area is 213 Å². The van der Waals surface area contributed by atoms with Crippen molar-refractivity contribution in [1.29, 1.82) is 0 Å². The summed E-state index contributed by atoms with van der Waals surface area (Å²) in [6.45, 7) is -1.30. The summed E-state index contributed by atoms with van der Waals surface area (Å²) in [4.78, 5) is 29.0. The van der Waals surface area contributed by atoms with Gasteiger partial charge in [-0.1, -0.05) is 6.07 Å². The minimum atomic E-state index is -3.08. The number of nitrogens with zero attached hydrogens (tertiary/aromatic N) is 1. The van der Waals surface area contributed by atoms with Crippen LogP contribution >= 0.6 is 0 Å². The zero-order valence-corrected chi connectivity index (χ0v) is 19.9. The average Bonchev–Trinajstić information content (AvgIpc) is 3.56. The second kappa shape index (κ2) is 11.1. The molecule has 1 fully saturated rings. The maximum atomic E-state index is 14.2. The summed E-state index contributed by atoms with van der Waals surface area (Å²) in [7, 11) is 0. The lowest BCUT2D eigenvalue weighted by Gasteiger charge is -2.15. The van der Waals surface area contributed by atoms with E-state index >= 15 is 0 Å². The highest BCUT2D eigenvalue weighted by molar-refractivity contribution is 5.96. The van der Waals surface area contributed by atoms with Gasteiger partial charge in [-0.3, -0.25) is 4.79 Å². The summed E-state index contributed by atoms with van der Waals surface area (Å²) in [6, 6.07) is 3.43. The van der Waals surface area contributed by atoms with Gasteiger partial charge in [0.2, 0.25) is 5.89 Å². The number of aromatic nitrogens is 1. The lowest BCUT2D eigenvalue weighted by atomic mass is 10.1. The lowest BCUT2D eigenvalue weighted by molar-refractivity contribution is -0.139. The van der Waals surface area contributed by atoms with Crippen LogP contribution in [-0.4, -0.2) is 35.2 Å². The SMILES string of the molecule is CC(N)c1oc(-c2ccc(OC(F)F)c(OCC3CC3)c2)nc1C(=O)NC(C(=O)O)c1ccc(F)cc1F. The van der Waals surface area contributed by atoms with Crippen LogP contribution in [0.3, 0.4) is 0 Å². The predicted octanol–water partition coefficient (Wildman–Crippen LogP) is 4.59. The number of carbonyl (C=O) groups is 2. The molecule has 0 saturated heterocycles. The molecule has 1 saturated carbocycles. The number of aliphatic carboxylic acids is 1. The molecule has 2 aromatic carbocycles. The van der Waals surface area contributed by atoms with Crippen molar-refractivity contribution in [2.45, 2.75) is 38.5 Å². The molecular weight excluding hydrogens is 514 g/mol. The molecule has 1 amide bonds. The zero-order chi connectivity index (χ0) is 27.6. The third kappa shape index (κ3) is 6.22. The average molecular weight is 537 g/mol. The molecule has 4 N–H and O–H groups in total. The van der Waals surface area contributed by atoms with Crippen LogP contribution in [0.5, 0.6) is 11.5 Å². The number of carboxylic acids is 1. The third-order valence-electron chi connectivity index (χ3n) is 5.66. The molecular formula is C25H23F4N3O6. The number of carbonyl (C=O) groups excluding carboxylic acids is 1. The topological polar surface area (TPSA) is 137 Å². The molecule has 3 aromatic rings. The number of hydrogen-bond donors (Lipinski definition) is 3. The molecule has 1 aromatic heterocycles. The van der Waals surface area contributed by atoms with Crippen LogP contribution in [-0.2, 0) is 4.79 Å². The molecule has 13 heteroatoms. The Kier molecular flexibility index (Phi) is 7.86. The normalized spacial score (nSPS) is 14.7. The van der Waals surface area contributed by atoms with Crippen LogP contribution < -0.4 is 20.5 Å². The van der Waals surface area contributed by atoms with E-state index in [1.54, 1.807) is 0 Å². The lowest BCUT2D eigenvalue weighted by Crippen LogP contribution is -2.35. The molecule has 0 aliphatic heterocycles. The molecule has 1 aliphatic carbocycles. The largest absolute Gasteiger partial charge is 0.489 e. The zero-order valence-electron chi connectivity index (χ0n) is 19.9. The molecule has 2 atom stereocenters. The molecule has 0 spiro atoms. The molecule has 1 aliphatic rings. The Bertz CT molecular complexity index is 1340. The highest BCUT2D eigenvalue weighted by Gasteiger charge is 2.30. The van der Waals surface area contributed by atoms with Crippen LogP contribution in [0, 0.1) is 17.6 Å². The van der Waals surface area contributed by atoms with Crippen LogP contribution in [0.25, 0.3) is 11.5 Å². The van der Waals surface area contributed by atoms with E-state index in [1.165, 1.54) is 25.1 Å². The van der Waals surface area contributed by atoms with Crippen molar-refractivity contribution in [1.82, 2.24) is 10.3 Å². The molecule has 202 valence electrons. The monoisotopic (exact) mass is 537 g/mol. The molecule has 9 nitrogen and oxygen atoms in total. The van der Waals surface area contributed by atoms with Gasteiger partial charge in [-0.2, -0.15) is 8.78 Å². The molecule has 2 unspecified atom stereocenters. The minimum Gasteiger partial charge on any atom is -0.489 e. The number of oxazole rings is 1. The number of carboxylic acid groups (broad SMARTS) is 1. The number of nitrogens with one attached hydrogen (secondary N) is 1. The number of halogens is 4. The van der Waals surface area contributed by atoms with Gasteiger partial charge < -0.3 is 30.0 Å². The van der Waals surface area contributed by atoms with Crippen LogP contribution in [0.15, 0.2) is 40.8 Å². The van der Waals surface area contributed by atoms with Crippen molar-refractivity contribution >= 4 is 11.9 Å². The highest BCUT2D eigenvalue weighted by Crippen LogP contribution is 2.37. The van der Waals surface area contributed by atoms with E-state index in [0.29, 0.717) is 18.6 Å². The number of nitrogens with two attached hydrogens (primary N) is 1. The van der Waals surface area contributed by atoms with E-state index in [0.717, 1.165) is 25.0 Å². The highest BCUT2D eigenvalue weighted by atomic mass is 19.3. The number of benzene rings is 2. The van der Waals surface area contributed by atoms with Crippen molar-refractivity contribution < 1.29 is 46.1 Å². The van der Waals surface area contributed by atoms with Crippen LogP contribution in [0.2, 0.25) is 0 Å². The Morgan fingerprint density at radius 1 is 1.18 bits per heavy atom. The Morgan fingerprint density at radius 3 is 2.53 bits per heavy atom. The van der Waals surface area contributed by atoms with Gasteiger partial charge in [-0.05, 0) is 49.9 Å². The van der Waals surface area contributed by atoms with Crippen molar-refractivity contribution in [3.63, 3.8) is 0 Å². The number of amides is 1. The maximum absolute atomic E-state index is 14.2. The van der Waals surface area contributed by atoms with Crippen molar-refractivity contribution in [2.75, 3.05) is 6.61 Å². The van der Waals surface area contributed by atoms with Crippen LogP contribution in [0.4, 0.5) is 17.6 Å². The quantitative estimate of drug-likeness (QED) is 0.302. The van der Waals surface area contributed by atoms with Gasteiger partial charge in [0.25, 0.3) is 5.91 Å².